The van der Waals surface area contributed by atoms with Crippen molar-refractivity contribution in [2.75, 3.05) is 91.5 Å². The largest absolute Gasteiger partial charge is 0.481 e. The van der Waals surface area contributed by atoms with E-state index in [4.69, 9.17) is 35.7 Å². The lowest BCUT2D eigenvalue weighted by Crippen LogP contribution is -2.45. The number of para-hydroxylation sites is 4. The average molecular weight is 1440 g/mol. The van der Waals surface area contributed by atoms with Crippen LogP contribution in [-0.2, 0) is 71.7 Å². The molecule has 1 saturated carbocycles. The van der Waals surface area contributed by atoms with Crippen molar-refractivity contribution in [1.29, 1.82) is 0 Å². The van der Waals surface area contributed by atoms with Gasteiger partial charge in [0.1, 0.15) is 49.3 Å². The smallest absolute Gasteiger partial charge is 0.337 e. The lowest BCUT2D eigenvalue weighted by Gasteiger charge is -2.39. The summed E-state index contributed by atoms with van der Waals surface area (Å²) < 4.78 is 20.0. The number of carbonyl (C=O) groups is 12. The van der Waals surface area contributed by atoms with Gasteiger partial charge in [-0.15, -0.1) is 11.6 Å². The van der Waals surface area contributed by atoms with Gasteiger partial charge >= 0.3 is 23.9 Å². The lowest BCUT2D eigenvalue weighted by molar-refractivity contribution is -0.146. The highest BCUT2D eigenvalue weighted by Crippen LogP contribution is 2.42. The summed E-state index contributed by atoms with van der Waals surface area (Å²) in [6, 6.07) is 57.3. The first kappa shape index (κ1) is 88.2. The van der Waals surface area contributed by atoms with Gasteiger partial charge in [0.2, 0.25) is 0 Å². The predicted molar refractivity (Wildman–Crippen MR) is 398 cm³/mol. The molecule has 0 bridgehead atoms. The van der Waals surface area contributed by atoms with Gasteiger partial charge in [0.15, 0.2) is 17.3 Å². The summed E-state index contributed by atoms with van der Waals surface area (Å²) in [5.41, 5.74) is 8.28. The van der Waals surface area contributed by atoms with Crippen molar-refractivity contribution in [3.05, 3.63) is 216 Å². The number of ether oxygens (including phenoxy) is 4. The van der Waals surface area contributed by atoms with Crippen molar-refractivity contribution in [2.45, 2.75) is 106 Å². The molecule has 1 unspecified atom stereocenters. The first-order valence-electron chi connectivity index (χ1n) is 33.4. The highest BCUT2D eigenvalue weighted by atomic mass is 35.5. The Morgan fingerprint density at radius 3 is 1.47 bits per heavy atom. The number of carboxylic acid groups (broad SMARTS) is 1. The number of allylic oxidation sites excluding steroid dienone is 1. The molecule has 1 aliphatic carbocycles. The van der Waals surface area contributed by atoms with E-state index < -0.39 is 17.9 Å². The van der Waals surface area contributed by atoms with Crippen LogP contribution in [0.1, 0.15) is 116 Å². The fraction of sp³-hybridized carbons (Fsp3) is 0.342. The van der Waals surface area contributed by atoms with Gasteiger partial charge in [-0.2, -0.15) is 0 Å². The first-order valence-corrected chi connectivity index (χ1v) is 33.9. The Kier molecular flexibility index (Phi) is 43.2. The van der Waals surface area contributed by atoms with Gasteiger partial charge in [0.25, 0.3) is 5.97 Å². The molecule has 0 spiro atoms. The number of aliphatic carboxylic acids is 1. The highest BCUT2D eigenvalue weighted by molar-refractivity contribution is 6.27. The Labute approximate surface area is 608 Å². The average Bonchev–Trinajstić information content (AvgIpc) is 0.886. The number of carboxylic acids is 1. The third kappa shape index (κ3) is 35.8. The number of ketones is 6. The van der Waals surface area contributed by atoms with Crippen molar-refractivity contribution < 1.29 is 81.6 Å². The topological polar surface area (TPSA) is 331 Å². The van der Waals surface area contributed by atoms with Crippen LogP contribution in [0.5, 0.6) is 0 Å². The van der Waals surface area contributed by atoms with Gasteiger partial charge in [-0.05, 0) is 128 Å². The molecule has 2 fully saturated rings. The van der Waals surface area contributed by atoms with E-state index in [1.807, 2.05) is 182 Å². The maximum Gasteiger partial charge on any atom is 0.337 e. The lowest BCUT2D eigenvalue weighted by atomic mass is 9.77. The minimum absolute atomic E-state index is 0. The summed E-state index contributed by atoms with van der Waals surface area (Å²) in [7, 11) is 0. The predicted octanol–water partition coefficient (Wildman–Crippen LogP) is 11.9. The number of dihydropyridines is 1. The molecule has 6 aromatic carbocycles. The maximum absolute atomic E-state index is 13.5. The van der Waals surface area contributed by atoms with Crippen molar-refractivity contribution in [1.82, 2.24) is 11.5 Å². The molecular formula is C79H97ClN6O17. The van der Waals surface area contributed by atoms with Gasteiger partial charge in [0, 0.05) is 58.1 Å². The van der Waals surface area contributed by atoms with Gasteiger partial charge in [0.05, 0.1) is 70.4 Å². The van der Waals surface area contributed by atoms with Crippen LogP contribution in [0.3, 0.4) is 0 Å². The van der Waals surface area contributed by atoms with E-state index in [0.29, 0.717) is 50.6 Å². The zero-order valence-electron chi connectivity index (χ0n) is 60.0. The number of Topliss-reactive ketones (excluding diaryl/α,β-unsaturated/α-hetero) is 6. The number of piperidine rings is 1. The Morgan fingerprint density at radius 1 is 0.583 bits per heavy atom. The van der Waals surface area contributed by atoms with E-state index in [2.05, 4.69) is 20.3 Å². The number of halogens is 1. The van der Waals surface area contributed by atoms with E-state index in [-0.39, 0.29) is 110 Å². The fourth-order valence-electron chi connectivity index (χ4n) is 10.2. The van der Waals surface area contributed by atoms with Crippen molar-refractivity contribution in [2.24, 2.45) is 0 Å². The molecule has 4 aliphatic rings. The second-order valence-electron chi connectivity index (χ2n) is 23.1. The number of hydrogen-bond donors (Lipinski definition) is 4. The van der Waals surface area contributed by atoms with Crippen molar-refractivity contribution >= 4 is 105 Å². The molecule has 6 N–H and O–H groups in total. The van der Waals surface area contributed by atoms with Crippen LogP contribution in [0.2, 0.25) is 0 Å². The molecule has 10 rings (SSSR count). The zero-order valence-corrected chi connectivity index (χ0v) is 60.7. The molecule has 23 nitrogen and oxygen atoms in total. The molecule has 103 heavy (non-hydrogen) atoms. The molecule has 24 heteroatoms. The molecule has 6 aromatic rings. The van der Waals surface area contributed by atoms with Gasteiger partial charge in [-0.3, -0.25) is 52.7 Å². The van der Waals surface area contributed by atoms with Gasteiger partial charge in [-0.25, -0.2) is 4.79 Å². The van der Waals surface area contributed by atoms with E-state index in [0.717, 1.165) is 84.2 Å². The molecule has 3 heterocycles. The normalized spacial score (nSPS) is 13.8. The summed E-state index contributed by atoms with van der Waals surface area (Å²) in [5, 5.41) is 13.8. The Balaban J connectivity index is 0.000000436. The number of hydrogen-bond acceptors (Lipinski definition) is 22. The number of carbonyl (C=O) groups excluding carboxylic acids is 11. The number of benzene rings is 6. The van der Waals surface area contributed by atoms with Crippen LogP contribution >= 0.6 is 11.6 Å². The van der Waals surface area contributed by atoms with E-state index in [1.54, 1.807) is 37.8 Å². The van der Waals surface area contributed by atoms with Crippen LogP contribution in [0.15, 0.2) is 205 Å². The molecule has 1 atom stereocenters. The molecule has 0 aromatic heterocycles. The Hall–Kier alpha value is -10.9. The Bertz CT molecular complexity index is 3670. The van der Waals surface area contributed by atoms with Crippen LogP contribution in [0.25, 0.3) is 0 Å². The number of nitrogens with zero attached hydrogens (tertiary/aromatic N) is 3. The second-order valence-corrected chi connectivity index (χ2v) is 23.3. The Morgan fingerprint density at radius 2 is 1.02 bits per heavy atom. The summed E-state index contributed by atoms with van der Waals surface area (Å²) in [6.07, 6.45) is 4.84. The third-order valence-corrected chi connectivity index (χ3v) is 14.8. The third-order valence-electron chi connectivity index (χ3n) is 14.4. The number of aldehydes is 1. The van der Waals surface area contributed by atoms with Crippen LogP contribution in [0.4, 0.5) is 22.7 Å². The number of alkyl halides is 1. The summed E-state index contributed by atoms with van der Waals surface area (Å²) in [6.45, 7) is 15.8. The minimum atomic E-state index is -0.833. The van der Waals surface area contributed by atoms with Crippen molar-refractivity contribution in [3.63, 3.8) is 0 Å². The summed E-state index contributed by atoms with van der Waals surface area (Å²) in [4.78, 5) is 138. The van der Waals surface area contributed by atoms with Gasteiger partial charge < -0.3 is 55.5 Å². The van der Waals surface area contributed by atoms with Crippen LogP contribution in [-0.4, -0.2) is 154 Å². The summed E-state index contributed by atoms with van der Waals surface area (Å²) in [5.74, 6) is -2.48. The van der Waals surface area contributed by atoms with E-state index >= 15 is 0 Å². The monoisotopic (exact) mass is 1440 g/mol. The van der Waals surface area contributed by atoms with Crippen molar-refractivity contribution in [3.8, 4) is 0 Å². The molecule has 552 valence electrons. The molecule has 0 radical (unpaired) electrons. The summed E-state index contributed by atoms with van der Waals surface area (Å²) >= 11 is 4.99. The molecule has 0 amide bonds. The number of esters is 4. The van der Waals surface area contributed by atoms with E-state index in [9.17, 15) is 52.7 Å². The SMILES string of the molecule is CC(=O)CCl.CC(=O)O.CC1=C(C(=O)OC2CCCC2)C(c2ccccc2)C2=C(CN(c3ccccc3)CC2=O)N1.CCOC(=O)CC(C)=O.CCOC(=O)CN(CC(C)=O)c1ccccc1.CCOC(=O)CNc1ccccc1.N.O=C1CC(=O)CN(c2ccccc2)C1.O=Cc1ccccc1. The quantitative estimate of drug-likeness (QED) is 0.0181. The van der Waals surface area contributed by atoms with Crippen LogP contribution in [0, 0.1) is 0 Å². The number of anilines is 4. The van der Waals surface area contributed by atoms with Crippen LogP contribution < -0.4 is 31.5 Å². The minimum Gasteiger partial charge on any atom is -0.481 e. The zero-order chi connectivity index (χ0) is 75.2. The molecule has 1 saturated heterocycles. The molecular weight excluding hydrogens is 1340 g/mol. The van der Waals surface area contributed by atoms with Gasteiger partial charge in [-0.1, -0.05) is 133 Å². The fourth-order valence-corrected chi connectivity index (χ4v) is 10.2. The standard InChI is InChI=1S/C27H28N2O3.C13H17NO3.C11H11NO2.C10H13NO2.C7H6O.C6H10O3.C3H5ClO.C2H4O2.H3N/c1-18-24(27(31)32-21-14-8-9-15-21)25(19-10-4-2-5-11-19)26-22(28-18)16-29(17-23(26)30)20-12-6-3-7-13-20;1-3-17-13(16)10-14(9-11(2)15)12-7-5-4-6-8-12;13-10-6-11(14)8-12(7-10)9-4-2-1-3-5-9;1-2-13-10(12)8-11-9-6-4-3-5-7-9;8-6-7-4-2-1-3-5-7;1-3-9-6(8)4-5(2)7;1-3(5)2-4;1-2(3)4;/h2-7,10-13,21,25,28H,8-9,14-17H2,1H3;4-8H,3,9-10H2,1-2H3;1-5H,6-8H2;3-7,11H,2,8H2,1H3;1-6H;3-4H2,1-2H3;2H2,1H3;1H3,(H,3,4);1H3. The first-order chi connectivity index (χ1) is 48.9. The highest BCUT2D eigenvalue weighted by Gasteiger charge is 2.41. The molecule has 3 aliphatic heterocycles. The van der Waals surface area contributed by atoms with E-state index in [1.165, 1.54) is 20.8 Å². The maximum atomic E-state index is 13.5. The number of nitrogens with one attached hydrogen (secondary N) is 2. The number of rotatable bonds is 20. The second kappa shape index (κ2) is 50.4.